The topological polar surface area (TPSA) is 86.8 Å². The fourth-order valence-corrected chi connectivity index (χ4v) is 5.59. The maximum absolute atomic E-state index is 13.8. The molecule has 0 bridgehead atoms. The molecule has 0 radical (unpaired) electrons. The minimum atomic E-state index is -4.64. The third-order valence-corrected chi connectivity index (χ3v) is 7.77. The second kappa shape index (κ2) is 14.1. The Morgan fingerprint density at radius 1 is 0.860 bits per heavy atom. The normalized spacial score (nSPS) is 12.8. The number of rotatable bonds is 12. The number of carbonyl (C=O) groups is 2. The molecule has 43 heavy (non-hydrogen) atoms. The van der Waals surface area contributed by atoms with Crippen molar-refractivity contribution < 1.29 is 31.2 Å². The number of nitrogens with zero attached hydrogens (tertiary/aromatic N) is 2. The average Bonchev–Trinajstić information content (AvgIpc) is 2.92. The van der Waals surface area contributed by atoms with Gasteiger partial charge in [-0.2, -0.15) is 13.2 Å². The van der Waals surface area contributed by atoms with Crippen LogP contribution in [-0.2, 0) is 38.8 Å². The molecule has 0 heterocycles. The van der Waals surface area contributed by atoms with E-state index in [2.05, 4.69) is 5.32 Å². The summed E-state index contributed by atoms with van der Waals surface area (Å²) in [5.41, 5.74) is -0.0155. The summed E-state index contributed by atoms with van der Waals surface area (Å²) in [6.45, 7) is 5.46. The van der Waals surface area contributed by atoms with Gasteiger partial charge < -0.3 is 10.2 Å². The number of benzene rings is 3. The van der Waals surface area contributed by atoms with E-state index in [1.54, 1.807) is 0 Å². The zero-order valence-electron chi connectivity index (χ0n) is 24.8. The molecule has 0 saturated carbocycles. The highest BCUT2D eigenvalue weighted by atomic mass is 32.2. The Morgan fingerprint density at radius 2 is 1.44 bits per heavy atom. The van der Waals surface area contributed by atoms with Crippen molar-refractivity contribution in [3.8, 4) is 0 Å². The zero-order valence-corrected chi connectivity index (χ0v) is 25.6. The van der Waals surface area contributed by atoms with Crippen molar-refractivity contribution in [2.45, 2.75) is 64.3 Å². The van der Waals surface area contributed by atoms with Crippen LogP contribution in [0.2, 0.25) is 0 Å². The van der Waals surface area contributed by atoms with Crippen molar-refractivity contribution in [2.75, 3.05) is 17.1 Å². The molecule has 1 N–H and O–H groups in total. The van der Waals surface area contributed by atoms with Crippen molar-refractivity contribution >= 4 is 27.5 Å². The number of nitrogens with one attached hydrogen (secondary N) is 1. The summed E-state index contributed by atoms with van der Waals surface area (Å²) < 4.78 is 65.9. The van der Waals surface area contributed by atoms with Crippen molar-refractivity contribution in [3.63, 3.8) is 0 Å². The number of amides is 2. The fraction of sp³-hybridized carbons (Fsp3) is 0.375. The van der Waals surface area contributed by atoms with Gasteiger partial charge in [-0.3, -0.25) is 13.9 Å². The van der Waals surface area contributed by atoms with E-state index >= 15 is 0 Å². The highest BCUT2D eigenvalue weighted by Crippen LogP contribution is 2.32. The second-order valence-electron chi connectivity index (χ2n) is 11.4. The van der Waals surface area contributed by atoms with Gasteiger partial charge in [0.15, 0.2) is 0 Å². The molecule has 1 unspecified atom stereocenters. The SMILES string of the molecule is CC(C)(C)NC(=O)C(Cc1ccccc1)N(Cc1ccccc1)C(=O)CCCN(c1cccc(C(F)(F)F)c1)S(C)(=O)=O. The molecule has 2 amide bonds. The maximum atomic E-state index is 13.8. The molecule has 232 valence electrons. The largest absolute Gasteiger partial charge is 0.416 e. The van der Waals surface area contributed by atoms with Gasteiger partial charge in [-0.05, 0) is 56.5 Å². The fourth-order valence-electron chi connectivity index (χ4n) is 4.63. The van der Waals surface area contributed by atoms with Crippen LogP contribution >= 0.6 is 0 Å². The summed E-state index contributed by atoms with van der Waals surface area (Å²) in [5.74, 6) is -0.714. The smallest absolute Gasteiger partial charge is 0.350 e. The minimum absolute atomic E-state index is 0.0202. The van der Waals surface area contributed by atoms with Gasteiger partial charge in [0.05, 0.1) is 17.5 Å². The van der Waals surface area contributed by atoms with Gasteiger partial charge in [-0.1, -0.05) is 66.7 Å². The molecule has 0 fully saturated rings. The van der Waals surface area contributed by atoms with Gasteiger partial charge in [-0.25, -0.2) is 8.42 Å². The first-order valence-corrected chi connectivity index (χ1v) is 15.7. The number of halogens is 3. The van der Waals surface area contributed by atoms with Crippen LogP contribution in [0, 0.1) is 0 Å². The Morgan fingerprint density at radius 3 is 1.98 bits per heavy atom. The molecule has 0 saturated heterocycles. The predicted molar refractivity (Wildman–Crippen MR) is 162 cm³/mol. The van der Waals surface area contributed by atoms with Gasteiger partial charge >= 0.3 is 6.18 Å². The van der Waals surface area contributed by atoms with E-state index in [1.165, 1.54) is 11.0 Å². The number of sulfonamides is 1. The highest BCUT2D eigenvalue weighted by molar-refractivity contribution is 7.92. The Balaban J connectivity index is 1.89. The van der Waals surface area contributed by atoms with Crippen LogP contribution in [0.1, 0.15) is 50.3 Å². The van der Waals surface area contributed by atoms with Crippen LogP contribution < -0.4 is 9.62 Å². The van der Waals surface area contributed by atoms with E-state index in [0.717, 1.165) is 39.9 Å². The van der Waals surface area contributed by atoms with Gasteiger partial charge in [0.25, 0.3) is 0 Å². The van der Waals surface area contributed by atoms with Crippen molar-refractivity contribution in [1.29, 1.82) is 0 Å². The monoisotopic (exact) mass is 617 g/mol. The molecule has 0 aliphatic heterocycles. The van der Waals surface area contributed by atoms with Crippen molar-refractivity contribution in [2.24, 2.45) is 0 Å². The molecule has 0 aliphatic rings. The third kappa shape index (κ3) is 10.4. The van der Waals surface area contributed by atoms with Crippen LogP contribution in [0.5, 0.6) is 0 Å². The van der Waals surface area contributed by atoms with Gasteiger partial charge in [0.1, 0.15) is 6.04 Å². The molecular formula is C32H38F3N3O4S. The molecule has 3 aromatic carbocycles. The summed E-state index contributed by atoms with van der Waals surface area (Å²) in [5, 5.41) is 2.98. The van der Waals surface area contributed by atoms with Crippen LogP contribution in [0.25, 0.3) is 0 Å². The standard InChI is InChI=1S/C32H38F3N3O4S/c1-31(2,3)36-30(40)28(21-24-13-7-5-8-14-24)37(23-25-15-9-6-10-16-25)29(39)19-12-20-38(43(4,41)42)27-18-11-17-26(22-27)32(33,34)35/h5-11,13-18,22,28H,12,19-21,23H2,1-4H3,(H,36,40). The summed E-state index contributed by atoms with van der Waals surface area (Å²) in [6, 6.07) is 21.7. The maximum Gasteiger partial charge on any atom is 0.416 e. The van der Waals surface area contributed by atoms with Gasteiger partial charge in [-0.15, -0.1) is 0 Å². The average molecular weight is 618 g/mol. The first-order chi connectivity index (χ1) is 20.0. The van der Waals surface area contributed by atoms with Crippen molar-refractivity contribution in [3.05, 3.63) is 102 Å². The molecule has 0 aromatic heterocycles. The number of hydrogen-bond donors (Lipinski definition) is 1. The first kappa shape index (κ1) is 33.6. The summed E-state index contributed by atoms with van der Waals surface area (Å²) in [7, 11) is -3.96. The second-order valence-corrected chi connectivity index (χ2v) is 13.3. The Hall–Kier alpha value is -3.86. The van der Waals surface area contributed by atoms with Crippen molar-refractivity contribution in [1.82, 2.24) is 10.2 Å². The molecule has 7 nitrogen and oxygen atoms in total. The van der Waals surface area contributed by atoms with E-state index in [9.17, 15) is 31.2 Å². The van der Waals surface area contributed by atoms with Crippen LogP contribution in [-0.4, -0.2) is 49.5 Å². The lowest BCUT2D eigenvalue weighted by Gasteiger charge is -2.34. The molecular weight excluding hydrogens is 579 g/mol. The van der Waals surface area contributed by atoms with E-state index < -0.39 is 33.3 Å². The van der Waals surface area contributed by atoms with E-state index in [4.69, 9.17) is 0 Å². The van der Waals surface area contributed by atoms with Gasteiger partial charge in [0, 0.05) is 31.5 Å². The first-order valence-electron chi connectivity index (χ1n) is 13.9. The quantitative estimate of drug-likeness (QED) is 0.278. The Kier molecular flexibility index (Phi) is 11.0. The Bertz CT molecular complexity index is 1470. The van der Waals surface area contributed by atoms with Crippen LogP contribution in [0.15, 0.2) is 84.9 Å². The highest BCUT2D eigenvalue weighted by Gasteiger charge is 2.33. The molecule has 11 heteroatoms. The van der Waals surface area contributed by atoms with E-state index in [-0.39, 0.29) is 49.9 Å². The molecule has 1 atom stereocenters. The summed E-state index contributed by atoms with van der Waals surface area (Å²) in [6.07, 6.45) is -3.60. The summed E-state index contributed by atoms with van der Waals surface area (Å²) >= 11 is 0. The number of alkyl halides is 3. The van der Waals surface area contributed by atoms with E-state index in [1.807, 2.05) is 81.4 Å². The molecule has 0 aliphatic carbocycles. The predicted octanol–water partition coefficient (Wildman–Crippen LogP) is 5.81. The number of carbonyl (C=O) groups excluding carboxylic acids is 2. The summed E-state index contributed by atoms with van der Waals surface area (Å²) in [4.78, 5) is 29.0. The lowest BCUT2D eigenvalue weighted by molar-refractivity contribution is -0.142. The molecule has 3 aromatic rings. The van der Waals surface area contributed by atoms with Crippen LogP contribution in [0.4, 0.5) is 18.9 Å². The number of anilines is 1. The Labute approximate surface area is 251 Å². The zero-order chi connectivity index (χ0) is 31.8. The van der Waals surface area contributed by atoms with Gasteiger partial charge in [0.2, 0.25) is 21.8 Å². The lowest BCUT2D eigenvalue weighted by Crippen LogP contribution is -2.54. The molecule has 0 spiro atoms. The van der Waals surface area contributed by atoms with Crippen LogP contribution in [0.3, 0.4) is 0 Å². The van der Waals surface area contributed by atoms with E-state index in [0.29, 0.717) is 0 Å². The number of hydrogen-bond acceptors (Lipinski definition) is 4. The lowest BCUT2D eigenvalue weighted by atomic mass is 10.00. The minimum Gasteiger partial charge on any atom is -0.350 e. The third-order valence-electron chi connectivity index (χ3n) is 6.58. The molecule has 3 rings (SSSR count).